The lowest BCUT2D eigenvalue weighted by Gasteiger charge is -2.52. The number of aliphatic carboxylic acids is 1. The first kappa shape index (κ1) is 38.6. The quantitative estimate of drug-likeness (QED) is 0.0743. The van der Waals surface area contributed by atoms with Gasteiger partial charge in [0.05, 0.1) is 43.2 Å². The molecule has 0 radical (unpaired) electrons. The Morgan fingerprint density at radius 2 is 1.35 bits per heavy atom. The van der Waals surface area contributed by atoms with Crippen LogP contribution < -0.4 is 0 Å². The van der Waals surface area contributed by atoms with Gasteiger partial charge in [0, 0.05) is 13.0 Å². The number of hydrogen-bond donors (Lipinski definition) is 9. The number of aliphatic hydroxyl groups excluding tert-OH is 8. The minimum Gasteiger partial charge on any atom is -0.481 e. The number of carbonyl (C=O) groups excluding carboxylic acids is 1. The van der Waals surface area contributed by atoms with Crippen molar-refractivity contribution in [2.24, 2.45) is 11.8 Å². The van der Waals surface area contributed by atoms with Crippen LogP contribution in [0.1, 0.15) is 51.4 Å². The minimum atomic E-state index is -1.78. The molecule has 0 aromatic carbocycles. The topological polar surface area (TPSA) is 281 Å². The van der Waals surface area contributed by atoms with Gasteiger partial charge in [-0.05, 0) is 50.9 Å². The van der Waals surface area contributed by atoms with Gasteiger partial charge >= 0.3 is 11.9 Å². The molecule has 18 heteroatoms. The Morgan fingerprint density at radius 3 is 1.98 bits per heavy atom. The van der Waals surface area contributed by atoms with Gasteiger partial charge in [0.2, 0.25) is 0 Å². The van der Waals surface area contributed by atoms with Crippen LogP contribution in [0.25, 0.3) is 0 Å². The highest BCUT2D eigenvalue weighted by Crippen LogP contribution is 2.45. The monoisotopic (exact) mass is 710 g/mol. The van der Waals surface area contributed by atoms with E-state index >= 15 is 0 Å². The summed E-state index contributed by atoms with van der Waals surface area (Å²) in [6.07, 6.45) is -16.4. The van der Waals surface area contributed by atoms with E-state index in [0.717, 1.165) is 0 Å². The molecule has 0 bridgehead atoms. The zero-order chi connectivity index (χ0) is 35.6. The molecule has 2 aliphatic carbocycles. The molecule has 0 aromatic rings. The Kier molecular flexibility index (Phi) is 13.2. The number of rotatable bonds is 11. The van der Waals surface area contributed by atoms with Crippen LogP contribution in [0.15, 0.2) is 0 Å². The van der Waals surface area contributed by atoms with Crippen molar-refractivity contribution in [3.8, 4) is 0 Å². The summed E-state index contributed by atoms with van der Waals surface area (Å²) >= 11 is 0. The van der Waals surface area contributed by atoms with Crippen molar-refractivity contribution in [1.82, 2.24) is 0 Å². The van der Waals surface area contributed by atoms with E-state index in [1.165, 1.54) is 7.11 Å². The maximum absolute atomic E-state index is 11.8. The van der Waals surface area contributed by atoms with Crippen molar-refractivity contribution in [2.45, 2.75) is 149 Å². The van der Waals surface area contributed by atoms with Gasteiger partial charge in [-0.2, -0.15) is 0 Å². The summed E-state index contributed by atoms with van der Waals surface area (Å²) in [5.41, 5.74) is 0. The average Bonchev–Trinajstić information content (AvgIpc) is 3.08. The van der Waals surface area contributed by atoms with Crippen LogP contribution in [0.2, 0.25) is 0 Å². The van der Waals surface area contributed by atoms with E-state index in [1.54, 1.807) is 0 Å². The molecular formula is C31H50O18. The second kappa shape index (κ2) is 16.8. The fourth-order valence-electron chi connectivity index (χ4n) is 7.81. The fraction of sp³-hybridized carbons (Fsp3) is 0.935. The maximum atomic E-state index is 11.8. The van der Waals surface area contributed by atoms with Gasteiger partial charge in [0.1, 0.15) is 61.9 Å². The summed E-state index contributed by atoms with van der Waals surface area (Å²) in [4.78, 5) is 22.7. The predicted molar refractivity (Wildman–Crippen MR) is 158 cm³/mol. The lowest BCUT2D eigenvalue weighted by molar-refractivity contribution is -0.342. The van der Waals surface area contributed by atoms with E-state index in [0.29, 0.717) is 38.5 Å². The SMILES string of the molecule is COC1CC(C2OC3CCCC(OC4OC(CO)C(O)C(O)C4O)C3CC2OC2OC(COC(=O)CC(=O)O)C(O)C(O)C2O)CCC1O. The van der Waals surface area contributed by atoms with Crippen LogP contribution in [-0.2, 0) is 42.7 Å². The number of ether oxygens (including phenoxy) is 7. The number of carboxylic acid groups (broad SMARTS) is 1. The van der Waals surface area contributed by atoms with Crippen LogP contribution in [0.4, 0.5) is 0 Å². The molecule has 3 heterocycles. The predicted octanol–water partition coefficient (Wildman–Crippen LogP) is -3.48. The summed E-state index contributed by atoms with van der Waals surface area (Å²) in [5.74, 6) is -3.06. The third-order valence-corrected chi connectivity index (χ3v) is 10.5. The van der Waals surface area contributed by atoms with E-state index in [-0.39, 0.29) is 24.4 Å². The van der Waals surface area contributed by atoms with Crippen molar-refractivity contribution in [1.29, 1.82) is 0 Å². The number of fused-ring (bicyclic) bond motifs is 1. The molecule has 5 aliphatic rings. The third kappa shape index (κ3) is 8.72. The maximum Gasteiger partial charge on any atom is 0.317 e. The van der Waals surface area contributed by atoms with Gasteiger partial charge in [-0.15, -0.1) is 0 Å². The molecule has 49 heavy (non-hydrogen) atoms. The molecule has 3 aliphatic heterocycles. The largest absolute Gasteiger partial charge is 0.481 e. The molecule has 0 spiro atoms. The summed E-state index contributed by atoms with van der Waals surface area (Å²) in [6, 6.07) is 0. The number of carboxylic acids is 1. The second-order valence-electron chi connectivity index (χ2n) is 13.7. The number of hydrogen-bond acceptors (Lipinski definition) is 17. The highest BCUT2D eigenvalue weighted by Gasteiger charge is 2.53. The average molecular weight is 711 g/mol. The number of esters is 1. The lowest BCUT2D eigenvalue weighted by atomic mass is 9.73. The molecule has 282 valence electrons. The molecule has 18 nitrogen and oxygen atoms in total. The summed E-state index contributed by atoms with van der Waals surface area (Å²) < 4.78 is 41.1. The van der Waals surface area contributed by atoms with Crippen LogP contribution in [0, 0.1) is 11.8 Å². The minimum absolute atomic E-state index is 0.171. The van der Waals surface area contributed by atoms with Crippen LogP contribution >= 0.6 is 0 Å². The fourth-order valence-corrected chi connectivity index (χ4v) is 7.81. The molecule has 0 aromatic heterocycles. The molecule has 18 atom stereocenters. The molecule has 3 saturated heterocycles. The smallest absolute Gasteiger partial charge is 0.317 e. The van der Waals surface area contributed by atoms with Crippen molar-refractivity contribution >= 4 is 11.9 Å². The Bertz CT molecular complexity index is 1090. The zero-order valence-electron chi connectivity index (χ0n) is 27.2. The number of methoxy groups -OCH3 is 1. The molecule has 9 N–H and O–H groups in total. The van der Waals surface area contributed by atoms with Gasteiger partial charge in [-0.25, -0.2) is 0 Å². The van der Waals surface area contributed by atoms with Gasteiger partial charge in [0.25, 0.3) is 0 Å². The van der Waals surface area contributed by atoms with Crippen molar-refractivity contribution in [3.05, 3.63) is 0 Å². The standard InChI is InChI=1S/C31H50O18/c1-43-17-7-12(5-6-14(17)33)29-18(47-31-28(42)26(40)24(38)20(49-31)11-44-22(36)9-21(34)35)8-13-15(45-29)3-2-4-16(13)46-30-27(41)25(39)23(37)19(10-32)48-30/h12-20,23-33,37-42H,2-11H2,1H3,(H,34,35). The van der Waals surface area contributed by atoms with Crippen LogP contribution in [0.5, 0.6) is 0 Å². The highest BCUT2D eigenvalue weighted by atomic mass is 16.7. The Balaban J connectivity index is 1.35. The van der Waals surface area contributed by atoms with E-state index in [2.05, 4.69) is 0 Å². The lowest BCUT2D eigenvalue weighted by Crippen LogP contribution is -2.63. The normalized spacial score (nSPS) is 47.6. The first-order valence-corrected chi connectivity index (χ1v) is 16.9. The van der Waals surface area contributed by atoms with E-state index in [4.69, 9.17) is 38.3 Å². The van der Waals surface area contributed by atoms with Crippen molar-refractivity contribution in [2.75, 3.05) is 20.3 Å². The molecule has 2 saturated carbocycles. The third-order valence-electron chi connectivity index (χ3n) is 10.5. The Labute approximate surface area is 282 Å². The number of carbonyl (C=O) groups is 2. The first-order chi connectivity index (χ1) is 23.3. The molecule has 18 unspecified atom stereocenters. The second-order valence-corrected chi connectivity index (χ2v) is 13.7. The first-order valence-electron chi connectivity index (χ1n) is 16.9. The van der Waals surface area contributed by atoms with E-state index in [1.807, 2.05) is 0 Å². The van der Waals surface area contributed by atoms with E-state index in [9.17, 15) is 50.4 Å². The van der Waals surface area contributed by atoms with Gasteiger partial charge in [-0.1, -0.05) is 0 Å². The van der Waals surface area contributed by atoms with Gasteiger partial charge < -0.3 is 79.1 Å². The zero-order valence-corrected chi connectivity index (χ0v) is 27.2. The molecule has 0 amide bonds. The molecular weight excluding hydrogens is 660 g/mol. The molecule has 5 fully saturated rings. The van der Waals surface area contributed by atoms with E-state index < -0.39 is 124 Å². The van der Waals surface area contributed by atoms with Crippen molar-refractivity contribution in [3.63, 3.8) is 0 Å². The van der Waals surface area contributed by atoms with Gasteiger partial charge in [-0.3, -0.25) is 9.59 Å². The van der Waals surface area contributed by atoms with Crippen LogP contribution in [0.3, 0.4) is 0 Å². The van der Waals surface area contributed by atoms with Crippen molar-refractivity contribution < 1.29 is 88.7 Å². The molecule has 5 rings (SSSR count). The Hall–Kier alpha value is -1.62. The summed E-state index contributed by atoms with van der Waals surface area (Å²) in [7, 11) is 1.51. The summed E-state index contributed by atoms with van der Waals surface area (Å²) in [5, 5.41) is 92.2. The Morgan fingerprint density at radius 1 is 0.714 bits per heavy atom. The highest BCUT2D eigenvalue weighted by molar-refractivity contribution is 5.90. The number of aliphatic hydroxyl groups is 8. The van der Waals surface area contributed by atoms with Crippen LogP contribution in [-0.4, -0.2) is 176 Å². The van der Waals surface area contributed by atoms with Gasteiger partial charge in [0.15, 0.2) is 12.6 Å². The summed E-state index contributed by atoms with van der Waals surface area (Å²) in [6.45, 7) is -1.25.